The van der Waals surface area contributed by atoms with E-state index in [-0.39, 0.29) is 11.6 Å². The van der Waals surface area contributed by atoms with Crippen LogP contribution < -0.4 is 16.0 Å². The molecule has 4 heteroatoms. The van der Waals surface area contributed by atoms with Gasteiger partial charge in [0.25, 0.3) is 0 Å². The molecule has 0 bridgehead atoms. The van der Waals surface area contributed by atoms with E-state index in [0.717, 1.165) is 24.2 Å². The van der Waals surface area contributed by atoms with Gasteiger partial charge in [-0.2, -0.15) is 0 Å². The van der Waals surface area contributed by atoms with Gasteiger partial charge in [-0.15, -0.1) is 0 Å². The molecular weight excluding hydrogens is 228 g/mol. The van der Waals surface area contributed by atoms with Crippen molar-refractivity contribution in [1.29, 1.82) is 0 Å². The highest BCUT2D eigenvalue weighted by atomic mass is 16.5. The number of methoxy groups -OCH3 is 2. The highest BCUT2D eigenvalue weighted by molar-refractivity contribution is 5.37. The lowest BCUT2D eigenvalue weighted by Crippen LogP contribution is -2.47. The van der Waals surface area contributed by atoms with Gasteiger partial charge in [-0.05, 0) is 18.9 Å². The molecule has 0 radical (unpaired) electrons. The standard InChI is InChI=1S/C14H24N2O2/c1-5-14(6-2,18-4)13(16-15)11-9-7-8-10-12(11)17-3/h7-10,13,16H,5-6,15H2,1-4H3. The van der Waals surface area contributed by atoms with E-state index < -0.39 is 0 Å². The predicted molar refractivity (Wildman–Crippen MR) is 73.4 cm³/mol. The monoisotopic (exact) mass is 252 g/mol. The van der Waals surface area contributed by atoms with Crippen molar-refractivity contribution >= 4 is 0 Å². The summed E-state index contributed by atoms with van der Waals surface area (Å²) in [5.74, 6) is 6.58. The molecule has 0 saturated carbocycles. The van der Waals surface area contributed by atoms with E-state index in [4.69, 9.17) is 15.3 Å². The summed E-state index contributed by atoms with van der Waals surface area (Å²) in [7, 11) is 3.39. The van der Waals surface area contributed by atoms with Gasteiger partial charge in [0.1, 0.15) is 5.75 Å². The summed E-state index contributed by atoms with van der Waals surface area (Å²) in [5.41, 5.74) is 3.57. The van der Waals surface area contributed by atoms with Gasteiger partial charge < -0.3 is 9.47 Å². The van der Waals surface area contributed by atoms with Gasteiger partial charge in [0, 0.05) is 12.7 Å². The molecule has 1 atom stereocenters. The van der Waals surface area contributed by atoms with E-state index in [0.29, 0.717) is 0 Å². The molecule has 0 fully saturated rings. The summed E-state index contributed by atoms with van der Waals surface area (Å²) < 4.78 is 11.2. The molecular formula is C14H24N2O2. The number of hydrogen-bond acceptors (Lipinski definition) is 4. The molecule has 4 nitrogen and oxygen atoms in total. The van der Waals surface area contributed by atoms with Gasteiger partial charge in [-0.1, -0.05) is 32.0 Å². The minimum Gasteiger partial charge on any atom is -0.496 e. The lowest BCUT2D eigenvalue weighted by atomic mass is 9.84. The number of hydrazine groups is 1. The lowest BCUT2D eigenvalue weighted by Gasteiger charge is -2.38. The zero-order valence-corrected chi connectivity index (χ0v) is 11.7. The second kappa shape index (κ2) is 6.73. The van der Waals surface area contributed by atoms with E-state index in [1.807, 2.05) is 24.3 Å². The molecule has 0 saturated heterocycles. The maximum absolute atomic E-state index is 5.76. The Morgan fingerprint density at radius 1 is 1.22 bits per heavy atom. The Bertz CT molecular complexity index is 356. The third-order valence-corrected chi connectivity index (χ3v) is 3.75. The van der Waals surface area contributed by atoms with Gasteiger partial charge in [0.05, 0.1) is 18.8 Å². The summed E-state index contributed by atoms with van der Waals surface area (Å²) in [5, 5.41) is 0. The van der Waals surface area contributed by atoms with Crippen LogP contribution in [0, 0.1) is 0 Å². The number of ether oxygens (including phenoxy) is 2. The van der Waals surface area contributed by atoms with Crippen molar-refractivity contribution < 1.29 is 9.47 Å². The number of rotatable bonds is 7. The molecule has 1 rings (SSSR count). The Balaban J connectivity index is 3.23. The van der Waals surface area contributed by atoms with Crippen LogP contribution >= 0.6 is 0 Å². The molecule has 0 amide bonds. The van der Waals surface area contributed by atoms with Crippen LogP contribution in [0.1, 0.15) is 38.3 Å². The van der Waals surface area contributed by atoms with Gasteiger partial charge in [0.15, 0.2) is 0 Å². The quantitative estimate of drug-likeness (QED) is 0.578. The largest absolute Gasteiger partial charge is 0.496 e. The molecule has 0 aromatic heterocycles. The summed E-state index contributed by atoms with van der Waals surface area (Å²) in [4.78, 5) is 0. The number of hydrogen-bond donors (Lipinski definition) is 2. The van der Waals surface area contributed by atoms with E-state index in [9.17, 15) is 0 Å². The van der Waals surface area contributed by atoms with Gasteiger partial charge in [-0.25, -0.2) is 5.43 Å². The van der Waals surface area contributed by atoms with Crippen molar-refractivity contribution in [3.05, 3.63) is 29.8 Å². The highest BCUT2D eigenvalue weighted by Crippen LogP contribution is 2.38. The molecule has 0 aliphatic carbocycles. The SMILES string of the molecule is CCC(CC)(OC)C(NN)c1ccccc1OC. The van der Waals surface area contributed by atoms with Crippen LogP contribution in [0.5, 0.6) is 5.75 Å². The first-order chi connectivity index (χ1) is 8.68. The number of para-hydroxylation sites is 1. The first-order valence-electron chi connectivity index (χ1n) is 6.33. The predicted octanol–water partition coefficient (Wildman–Crippen LogP) is 2.40. The lowest BCUT2D eigenvalue weighted by molar-refractivity contribution is -0.0491. The number of benzene rings is 1. The molecule has 18 heavy (non-hydrogen) atoms. The maximum Gasteiger partial charge on any atom is 0.123 e. The van der Waals surface area contributed by atoms with Crippen molar-refractivity contribution in [3.8, 4) is 5.75 Å². The van der Waals surface area contributed by atoms with Crippen molar-refractivity contribution in [3.63, 3.8) is 0 Å². The first kappa shape index (κ1) is 15.0. The molecule has 1 unspecified atom stereocenters. The van der Waals surface area contributed by atoms with E-state index >= 15 is 0 Å². The van der Waals surface area contributed by atoms with Crippen molar-refractivity contribution in [2.75, 3.05) is 14.2 Å². The molecule has 0 heterocycles. The van der Waals surface area contributed by atoms with Gasteiger partial charge in [-0.3, -0.25) is 5.84 Å². The molecule has 0 aliphatic rings. The summed E-state index contributed by atoms with van der Waals surface area (Å²) >= 11 is 0. The molecule has 0 spiro atoms. The molecule has 102 valence electrons. The van der Waals surface area contributed by atoms with E-state index in [1.165, 1.54) is 0 Å². The molecule has 1 aromatic rings. The fourth-order valence-corrected chi connectivity index (χ4v) is 2.49. The Morgan fingerprint density at radius 3 is 2.28 bits per heavy atom. The topological polar surface area (TPSA) is 56.5 Å². The minimum atomic E-state index is -0.330. The van der Waals surface area contributed by atoms with Crippen LogP contribution in [0.25, 0.3) is 0 Å². The van der Waals surface area contributed by atoms with Gasteiger partial charge in [0.2, 0.25) is 0 Å². The third-order valence-electron chi connectivity index (χ3n) is 3.75. The fraction of sp³-hybridized carbons (Fsp3) is 0.571. The fourth-order valence-electron chi connectivity index (χ4n) is 2.49. The first-order valence-corrected chi connectivity index (χ1v) is 6.33. The zero-order valence-electron chi connectivity index (χ0n) is 11.7. The number of nitrogens with two attached hydrogens (primary N) is 1. The highest BCUT2D eigenvalue weighted by Gasteiger charge is 2.37. The minimum absolute atomic E-state index is 0.103. The molecule has 3 N–H and O–H groups in total. The van der Waals surface area contributed by atoms with Crippen LogP contribution in [0.15, 0.2) is 24.3 Å². The van der Waals surface area contributed by atoms with Gasteiger partial charge >= 0.3 is 0 Å². The Kier molecular flexibility index (Phi) is 5.59. The average Bonchev–Trinajstić information content (AvgIpc) is 2.45. The molecule has 1 aromatic carbocycles. The normalized spacial score (nSPS) is 13.4. The maximum atomic E-state index is 5.76. The number of nitrogens with one attached hydrogen (secondary N) is 1. The average molecular weight is 252 g/mol. The summed E-state index contributed by atoms with van der Waals surface area (Å²) in [6.45, 7) is 4.21. The second-order valence-corrected chi connectivity index (χ2v) is 4.32. The summed E-state index contributed by atoms with van der Waals surface area (Å²) in [6, 6.07) is 7.78. The van der Waals surface area contributed by atoms with Crippen LogP contribution in [0.2, 0.25) is 0 Å². The zero-order chi connectivity index (χ0) is 13.6. The van der Waals surface area contributed by atoms with Crippen molar-refractivity contribution in [1.82, 2.24) is 5.43 Å². The van der Waals surface area contributed by atoms with Crippen LogP contribution in [-0.4, -0.2) is 19.8 Å². The Morgan fingerprint density at radius 2 is 1.83 bits per heavy atom. The Hall–Kier alpha value is -1.10. The molecule has 0 aliphatic heterocycles. The van der Waals surface area contributed by atoms with Crippen LogP contribution in [0.4, 0.5) is 0 Å². The smallest absolute Gasteiger partial charge is 0.123 e. The van der Waals surface area contributed by atoms with E-state index in [2.05, 4.69) is 19.3 Å². The van der Waals surface area contributed by atoms with E-state index in [1.54, 1.807) is 14.2 Å². The summed E-state index contributed by atoms with van der Waals surface area (Å²) in [6.07, 6.45) is 1.74. The van der Waals surface area contributed by atoms with Crippen molar-refractivity contribution in [2.45, 2.75) is 38.3 Å². The second-order valence-electron chi connectivity index (χ2n) is 4.32. The van der Waals surface area contributed by atoms with Crippen LogP contribution in [0.3, 0.4) is 0 Å². The van der Waals surface area contributed by atoms with Crippen molar-refractivity contribution in [2.24, 2.45) is 5.84 Å². The van der Waals surface area contributed by atoms with Crippen LogP contribution in [-0.2, 0) is 4.74 Å². The Labute approximate surface area is 109 Å². The third kappa shape index (κ3) is 2.66.